The van der Waals surface area contributed by atoms with Gasteiger partial charge in [0, 0.05) is 11.6 Å². The lowest BCUT2D eigenvalue weighted by atomic mass is 10.0. The van der Waals surface area contributed by atoms with Gasteiger partial charge in [0.25, 0.3) is 0 Å². The number of nitrogens with zero attached hydrogens (tertiary/aromatic N) is 1. The van der Waals surface area contributed by atoms with Gasteiger partial charge in [0.2, 0.25) is 11.8 Å². The zero-order valence-electron chi connectivity index (χ0n) is 14.2. The summed E-state index contributed by atoms with van der Waals surface area (Å²) >= 11 is 0. The Morgan fingerprint density at radius 3 is 2.61 bits per heavy atom. The Hall–Kier alpha value is -2.10. The van der Waals surface area contributed by atoms with Crippen LogP contribution < -0.4 is 5.32 Å². The molecular weight excluding hydrogens is 288 g/mol. The van der Waals surface area contributed by atoms with Crippen molar-refractivity contribution in [1.82, 2.24) is 10.3 Å². The molecule has 1 heterocycles. The minimum atomic E-state index is -0.00467. The van der Waals surface area contributed by atoms with E-state index in [9.17, 15) is 4.79 Å². The van der Waals surface area contributed by atoms with Gasteiger partial charge in [-0.25, -0.2) is 4.98 Å². The number of carbonyl (C=O) groups is 1. The molecule has 1 atom stereocenters. The molecule has 1 unspecified atom stereocenters. The topological polar surface area (TPSA) is 55.1 Å². The predicted octanol–water partition coefficient (Wildman–Crippen LogP) is 4.22. The van der Waals surface area contributed by atoms with E-state index in [1.54, 1.807) is 6.26 Å². The van der Waals surface area contributed by atoms with Gasteiger partial charge in [-0.3, -0.25) is 4.79 Å². The Labute approximate surface area is 138 Å². The van der Waals surface area contributed by atoms with Crippen LogP contribution in [0.25, 0.3) is 11.5 Å². The lowest BCUT2D eigenvalue weighted by molar-refractivity contribution is -0.121. The number of hydrogen-bond acceptors (Lipinski definition) is 3. The SMILES string of the molecule is CC(C)CCCC(C)NC(=O)Cc1coc(-c2ccccc2)n1. The van der Waals surface area contributed by atoms with E-state index in [0.29, 0.717) is 17.5 Å². The first kappa shape index (κ1) is 17.3. The van der Waals surface area contributed by atoms with Gasteiger partial charge < -0.3 is 9.73 Å². The van der Waals surface area contributed by atoms with Crippen LogP contribution in [0, 0.1) is 5.92 Å². The fraction of sp³-hybridized carbons (Fsp3) is 0.474. The van der Waals surface area contributed by atoms with Gasteiger partial charge in [-0.2, -0.15) is 0 Å². The minimum Gasteiger partial charge on any atom is -0.444 e. The van der Waals surface area contributed by atoms with Crippen LogP contribution in [0.2, 0.25) is 0 Å². The molecule has 4 heteroatoms. The highest BCUT2D eigenvalue weighted by Crippen LogP contribution is 2.18. The Balaban J connectivity index is 1.80. The molecule has 2 aromatic rings. The second-order valence-corrected chi connectivity index (χ2v) is 6.48. The van der Waals surface area contributed by atoms with Crippen molar-refractivity contribution in [3.05, 3.63) is 42.3 Å². The molecule has 0 saturated heterocycles. The van der Waals surface area contributed by atoms with Crippen molar-refractivity contribution in [2.75, 3.05) is 0 Å². The molecule has 4 nitrogen and oxygen atoms in total. The monoisotopic (exact) mass is 314 g/mol. The number of aromatic nitrogens is 1. The lowest BCUT2D eigenvalue weighted by Crippen LogP contribution is -2.33. The number of oxazole rings is 1. The third kappa shape index (κ3) is 5.89. The summed E-state index contributed by atoms with van der Waals surface area (Å²) in [6, 6.07) is 9.89. The van der Waals surface area contributed by atoms with Gasteiger partial charge in [-0.15, -0.1) is 0 Å². The van der Waals surface area contributed by atoms with Crippen LogP contribution in [0.4, 0.5) is 0 Å². The van der Waals surface area contributed by atoms with Crippen LogP contribution >= 0.6 is 0 Å². The van der Waals surface area contributed by atoms with Crippen molar-refractivity contribution in [2.24, 2.45) is 5.92 Å². The van der Waals surface area contributed by atoms with Gasteiger partial charge in [0.15, 0.2) is 0 Å². The first-order valence-corrected chi connectivity index (χ1v) is 8.33. The number of amides is 1. The van der Waals surface area contributed by atoms with Crippen molar-refractivity contribution in [2.45, 2.75) is 52.5 Å². The molecule has 0 aliphatic carbocycles. The van der Waals surface area contributed by atoms with Crippen molar-refractivity contribution in [3.63, 3.8) is 0 Å². The van der Waals surface area contributed by atoms with Crippen LogP contribution in [0.3, 0.4) is 0 Å². The second kappa shape index (κ2) is 8.51. The summed E-state index contributed by atoms with van der Waals surface area (Å²) in [7, 11) is 0. The van der Waals surface area contributed by atoms with Crippen molar-refractivity contribution >= 4 is 5.91 Å². The molecule has 0 bridgehead atoms. The predicted molar refractivity (Wildman–Crippen MR) is 91.9 cm³/mol. The average molecular weight is 314 g/mol. The molecule has 0 aliphatic heterocycles. The number of rotatable bonds is 8. The second-order valence-electron chi connectivity index (χ2n) is 6.48. The lowest BCUT2D eigenvalue weighted by Gasteiger charge is -2.14. The summed E-state index contributed by atoms with van der Waals surface area (Å²) in [5, 5.41) is 3.03. The van der Waals surface area contributed by atoms with E-state index in [1.165, 1.54) is 6.42 Å². The van der Waals surface area contributed by atoms with Crippen molar-refractivity contribution < 1.29 is 9.21 Å². The molecule has 0 saturated carbocycles. The van der Waals surface area contributed by atoms with E-state index in [4.69, 9.17) is 4.42 Å². The first-order valence-electron chi connectivity index (χ1n) is 8.33. The summed E-state index contributed by atoms with van der Waals surface area (Å²) in [5.74, 6) is 1.26. The maximum absolute atomic E-state index is 12.1. The Kier molecular flexibility index (Phi) is 6.39. The number of hydrogen-bond donors (Lipinski definition) is 1. The van der Waals surface area contributed by atoms with Gasteiger partial charge in [0.1, 0.15) is 6.26 Å². The summed E-state index contributed by atoms with van der Waals surface area (Å²) in [6.07, 6.45) is 5.17. The van der Waals surface area contributed by atoms with Crippen LogP contribution in [0.1, 0.15) is 45.7 Å². The minimum absolute atomic E-state index is 0.00467. The molecule has 1 N–H and O–H groups in total. The fourth-order valence-electron chi connectivity index (χ4n) is 2.50. The normalized spacial score (nSPS) is 12.3. The Bertz CT molecular complexity index is 605. The number of nitrogens with one attached hydrogen (secondary N) is 1. The van der Waals surface area contributed by atoms with E-state index in [-0.39, 0.29) is 18.4 Å². The van der Waals surface area contributed by atoms with Crippen LogP contribution in [0.5, 0.6) is 0 Å². The summed E-state index contributed by atoms with van der Waals surface area (Å²) < 4.78 is 5.46. The third-order valence-corrected chi connectivity index (χ3v) is 3.74. The van der Waals surface area contributed by atoms with Gasteiger partial charge in [-0.1, -0.05) is 44.9 Å². The quantitative estimate of drug-likeness (QED) is 0.794. The van der Waals surface area contributed by atoms with Gasteiger partial charge in [-0.05, 0) is 31.4 Å². The Morgan fingerprint density at radius 2 is 1.91 bits per heavy atom. The van der Waals surface area contributed by atoms with E-state index in [2.05, 4.69) is 31.1 Å². The van der Waals surface area contributed by atoms with Gasteiger partial charge >= 0.3 is 0 Å². The molecule has 1 amide bonds. The molecule has 1 aromatic carbocycles. The van der Waals surface area contributed by atoms with Crippen LogP contribution in [0.15, 0.2) is 41.0 Å². The van der Waals surface area contributed by atoms with E-state index < -0.39 is 0 Å². The summed E-state index contributed by atoms with van der Waals surface area (Å²) in [6.45, 7) is 6.49. The van der Waals surface area contributed by atoms with Crippen molar-refractivity contribution in [3.8, 4) is 11.5 Å². The maximum atomic E-state index is 12.1. The smallest absolute Gasteiger partial charge is 0.226 e. The summed E-state index contributed by atoms with van der Waals surface area (Å²) in [4.78, 5) is 16.5. The Morgan fingerprint density at radius 1 is 1.17 bits per heavy atom. The van der Waals surface area contributed by atoms with E-state index in [0.717, 1.165) is 18.4 Å². The van der Waals surface area contributed by atoms with Crippen LogP contribution in [-0.2, 0) is 11.2 Å². The molecule has 0 spiro atoms. The zero-order chi connectivity index (χ0) is 16.7. The standard InChI is InChI=1S/C19H26N2O2/c1-14(2)8-7-9-15(3)20-18(22)12-17-13-23-19(21-17)16-10-5-4-6-11-16/h4-6,10-11,13-15H,7-9,12H2,1-3H3,(H,20,22). The zero-order valence-corrected chi connectivity index (χ0v) is 14.2. The molecule has 0 fully saturated rings. The number of carbonyl (C=O) groups excluding carboxylic acids is 1. The summed E-state index contributed by atoms with van der Waals surface area (Å²) in [5.41, 5.74) is 1.58. The van der Waals surface area contributed by atoms with Crippen molar-refractivity contribution in [1.29, 1.82) is 0 Å². The number of benzene rings is 1. The molecule has 23 heavy (non-hydrogen) atoms. The first-order chi connectivity index (χ1) is 11.0. The highest BCUT2D eigenvalue weighted by Gasteiger charge is 2.12. The maximum Gasteiger partial charge on any atom is 0.226 e. The molecule has 0 radical (unpaired) electrons. The molecule has 1 aromatic heterocycles. The van der Waals surface area contributed by atoms with E-state index >= 15 is 0 Å². The molecular formula is C19H26N2O2. The van der Waals surface area contributed by atoms with E-state index in [1.807, 2.05) is 30.3 Å². The molecule has 0 aliphatic rings. The largest absolute Gasteiger partial charge is 0.444 e. The van der Waals surface area contributed by atoms with Gasteiger partial charge in [0.05, 0.1) is 12.1 Å². The average Bonchev–Trinajstić information content (AvgIpc) is 2.96. The third-order valence-electron chi connectivity index (χ3n) is 3.74. The van der Waals surface area contributed by atoms with Crippen LogP contribution in [-0.4, -0.2) is 16.9 Å². The fourth-order valence-corrected chi connectivity index (χ4v) is 2.50. The molecule has 124 valence electrons. The highest BCUT2D eigenvalue weighted by atomic mass is 16.3. The molecule has 2 rings (SSSR count). The highest BCUT2D eigenvalue weighted by molar-refractivity contribution is 5.78.